The molecule has 0 amide bonds. The van der Waals surface area contributed by atoms with Crippen molar-refractivity contribution < 1.29 is 0 Å². The molecule has 0 nitrogen and oxygen atoms in total. The molecule has 2 atom stereocenters. The number of hydrogen-bond donors (Lipinski definition) is 0. The van der Waals surface area contributed by atoms with Crippen molar-refractivity contribution in [2.75, 3.05) is 0 Å². The van der Waals surface area contributed by atoms with Crippen molar-refractivity contribution in [2.45, 2.75) is 11.8 Å². The fraction of sp³-hybridized carbons (Fsp3) is 0.167. The minimum Gasteiger partial charge on any atom is -0.0619 e. The summed E-state index contributed by atoms with van der Waals surface area (Å²) in [7, 11) is 0. The highest BCUT2D eigenvalue weighted by Crippen LogP contribution is 2.56. The molecule has 3 aliphatic carbocycles. The summed E-state index contributed by atoms with van der Waals surface area (Å²) in [6.45, 7) is 0. The molecule has 3 heteroatoms. The fourth-order valence-electron chi connectivity index (χ4n) is 2.30. The van der Waals surface area contributed by atoms with Crippen molar-refractivity contribution in [1.82, 2.24) is 0 Å². The van der Waals surface area contributed by atoms with Crippen LogP contribution in [0.5, 0.6) is 0 Å². The summed E-state index contributed by atoms with van der Waals surface area (Å²) in [6, 6.07) is 8.63. The molecule has 15 heavy (non-hydrogen) atoms. The van der Waals surface area contributed by atoms with Crippen LogP contribution in [-0.4, -0.2) is 0 Å². The van der Waals surface area contributed by atoms with Gasteiger partial charge < -0.3 is 0 Å². The lowest BCUT2D eigenvalue weighted by Crippen LogP contribution is -2.19. The first-order chi connectivity index (χ1) is 7.20. The molecule has 3 aliphatic rings. The SMILES string of the molecule is BrC1=C[C@@H]2C(Br)=C(Br)[C@H]1c1ccccc12. The second-order valence-electron chi connectivity index (χ2n) is 3.79. The molecule has 0 saturated heterocycles. The Hall–Kier alpha value is 0.140. The lowest BCUT2D eigenvalue weighted by Gasteiger charge is -2.36. The Morgan fingerprint density at radius 1 is 0.867 bits per heavy atom. The Balaban J connectivity index is 2.29. The number of rotatable bonds is 0. The van der Waals surface area contributed by atoms with E-state index in [0.717, 1.165) is 0 Å². The number of hydrogen-bond acceptors (Lipinski definition) is 0. The van der Waals surface area contributed by atoms with E-state index in [4.69, 9.17) is 0 Å². The standard InChI is InChI=1S/C12H7Br3/c13-9-5-8-6-3-1-2-4-7(6)10(9)12(15)11(8)14/h1-5,8,10H/t8-,10-/m0/s1. The molecule has 1 aromatic carbocycles. The Labute approximate surface area is 114 Å². The van der Waals surface area contributed by atoms with Crippen molar-refractivity contribution >= 4 is 47.8 Å². The molecular weight excluding hydrogens is 384 g/mol. The van der Waals surface area contributed by atoms with Crippen LogP contribution in [0.15, 0.2) is 43.8 Å². The zero-order valence-electron chi connectivity index (χ0n) is 7.68. The van der Waals surface area contributed by atoms with E-state index in [2.05, 4.69) is 78.1 Å². The molecule has 1 aromatic rings. The molecule has 0 aliphatic heterocycles. The Kier molecular flexibility index (Phi) is 2.45. The van der Waals surface area contributed by atoms with Gasteiger partial charge >= 0.3 is 0 Å². The average molecular weight is 391 g/mol. The molecular formula is C12H7Br3. The molecule has 0 fully saturated rings. The van der Waals surface area contributed by atoms with Gasteiger partial charge in [0.2, 0.25) is 0 Å². The smallest absolute Gasteiger partial charge is 0.0480 e. The first-order valence-electron chi connectivity index (χ1n) is 4.71. The molecule has 76 valence electrons. The molecule has 2 bridgehead atoms. The van der Waals surface area contributed by atoms with Crippen molar-refractivity contribution in [3.05, 3.63) is 54.9 Å². The summed E-state index contributed by atoms with van der Waals surface area (Å²) in [5.41, 5.74) is 2.83. The van der Waals surface area contributed by atoms with Gasteiger partial charge in [0.25, 0.3) is 0 Å². The highest BCUT2D eigenvalue weighted by Gasteiger charge is 2.37. The molecule has 0 unspecified atom stereocenters. The van der Waals surface area contributed by atoms with E-state index in [9.17, 15) is 0 Å². The van der Waals surface area contributed by atoms with Crippen LogP contribution in [0, 0.1) is 0 Å². The fourth-order valence-corrected chi connectivity index (χ4v) is 4.70. The van der Waals surface area contributed by atoms with E-state index >= 15 is 0 Å². The van der Waals surface area contributed by atoms with Crippen molar-refractivity contribution in [3.63, 3.8) is 0 Å². The summed E-state index contributed by atoms with van der Waals surface area (Å²) < 4.78 is 3.77. The molecule has 0 radical (unpaired) electrons. The van der Waals surface area contributed by atoms with Crippen LogP contribution in [0.25, 0.3) is 0 Å². The lowest BCUT2D eigenvalue weighted by atomic mass is 9.76. The molecule has 0 N–H and O–H groups in total. The van der Waals surface area contributed by atoms with Gasteiger partial charge in [0.15, 0.2) is 0 Å². The van der Waals surface area contributed by atoms with Crippen molar-refractivity contribution in [2.24, 2.45) is 0 Å². The quantitative estimate of drug-likeness (QED) is 0.574. The summed E-state index contributed by atoms with van der Waals surface area (Å²) >= 11 is 11.0. The van der Waals surface area contributed by atoms with E-state index in [1.54, 1.807) is 0 Å². The average Bonchev–Trinajstić information content (AvgIpc) is 2.24. The summed E-state index contributed by atoms with van der Waals surface area (Å²) in [6.07, 6.45) is 2.28. The van der Waals surface area contributed by atoms with Gasteiger partial charge in [-0.05, 0) is 11.1 Å². The highest BCUT2D eigenvalue weighted by atomic mass is 79.9. The largest absolute Gasteiger partial charge is 0.0619 e. The third-order valence-electron chi connectivity index (χ3n) is 3.00. The van der Waals surface area contributed by atoms with Gasteiger partial charge in [0.1, 0.15) is 0 Å². The van der Waals surface area contributed by atoms with Gasteiger partial charge in [0.05, 0.1) is 0 Å². The third-order valence-corrected chi connectivity index (χ3v) is 6.06. The summed E-state index contributed by atoms with van der Waals surface area (Å²) in [4.78, 5) is 0. The monoisotopic (exact) mass is 388 g/mol. The van der Waals surface area contributed by atoms with Crippen LogP contribution >= 0.6 is 47.8 Å². The predicted octanol–water partition coefficient (Wildman–Crippen LogP) is 5.16. The molecule has 4 rings (SSSR count). The maximum atomic E-state index is 3.68. The first kappa shape index (κ1) is 10.3. The highest BCUT2D eigenvalue weighted by molar-refractivity contribution is 9.14. The maximum absolute atomic E-state index is 3.68. The Morgan fingerprint density at radius 3 is 2.27 bits per heavy atom. The minimum absolute atomic E-state index is 0.348. The normalized spacial score (nSPS) is 27.8. The van der Waals surface area contributed by atoms with E-state index < -0.39 is 0 Å². The number of halogens is 3. The second kappa shape index (κ2) is 3.57. The molecule has 0 heterocycles. The number of allylic oxidation sites excluding steroid dienone is 4. The summed E-state index contributed by atoms with van der Waals surface area (Å²) in [5.74, 6) is 0.718. The van der Waals surface area contributed by atoms with E-state index in [-0.39, 0.29) is 0 Å². The Morgan fingerprint density at radius 2 is 1.53 bits per heavy atom. The van der Waals surface area contributed by atoms with E-state index in [1.807, 2.05) is 0 Å². The van der Waals surface area contributed by atoms with Crippen LogP contribution in [0.2, 0.25) is 0 Å². The minimum atomic E-state index is 0.348. The first-order valence-corrected chi connectivity index (χ1v) is 7.09. The van der Waals surface area contributed by atoms with Gasteiger partial charge in [-0.15, -0.1) is 0 Å². The zero-order valence-corrected chi connectivity index (χ0v) is 12.4. The van der Waals surface area contributed by atoms with Crippen molar-refractivity contribution in [1.29, 1.82) is 0 Å². The predicted molar refractivity (Wildman–Crippen MR) is 73.8 cm³/mol. The lowest BCUT2D eigenvalue weighted by molar-refractivity contribution is 0.852. The van der Waals surface area contributed by atoms with Gasteiger partial charge in [-0.25, -0.2) is 0 Å². The van der Waals surface area contributed by atoms with Crippen molar-refractivity contribution in [3.8, 4) is 0 Å². The number of benzene rings is 1. The van der Waals surface area contributed by atoms with Gasteiger partial charge in [-0.1, -0.05) is 78.1 Å². The van der Waals surface area contributed by atoms with Gasteiger partial charge in [0, 0.05) is 25.3 Å². The molecule has 0 aromatic heterocycles. The molecule has 0 spiro atoms. The van der Waals surface area contributed by atoms with Crippen LogP contribution in [0.3, 0.4) is 0 Å². The van der Waals surface area contributed by atoms with E-state index in [1.165, 1.54) is 24.6 Å². The molecule has 0 saturated carbocycles. The van der Waals surface area contributed by atoms with Crippen LogP contribution in [-0.2, 0) is 0 Å². The van der Waals surface area contributed by atoms with Crippen LogP contribution < -0.4 is 0 Å². The third kappa shape index (κ3) is 1.36. The summed E-state index contributed by atoms with van der Waals surface area (Å²) in [5, 5.41) is 0. The zero-order chi connectivity index (χ0) is 10.6. The van der Waals surface area contributed by atoms with E-state index in [0.29, 0.717) is 11.8 Å². The Bertz CT molecular complexity index is 499. The topological polar surface area (TPSA) is 0 Å². The van der Waals surface area contributed by atoms with Gasteiger partial charge in [-0.3, -0.25) is 0 Å². The second-order valence-corrected chi connectivity index (χ2v) is 6.41. The maximum Gasteiger partial charge on any atom is 0.0480 e. The van der Waals surface area contributed by atoms with Gasteiger partial charge in [-0.2, -0.15) is 0 Å². The van der Waals surface area contributed by atoms with Crippen LogP contribution in [0.4, 0.5) is 0 Å². The van der Waals surface area contributed by atoms with Crippen LogP contribution in [0.1, 0.15) is 23.0 Å².